The summed E-state index contributed by atoms with van der Waals surface area (Å²) in [5, 5.41) is 23.2. The Bertz CT molecular complexity index is 1160. The van der Waals surface area contributed by atoms with E-state index in [4.69, 9.17) is 4.74 Å². The van der Waals surface area contributed by atoms with E-state index in [1.54, 1.807) is 0 Å². The molecular weight excluding hydrogens is 947 g/mol. The molecule has 1 amide bonds. The molecular formula is C71H139NO5. The van der Waals surface area contributed by atoms with Gasteiger partial charge < -0.3 is 20.3 Å². The summed E-state index contributed by atoms with van der Waals surface area (Å²) in [7, 11) is 0. The van der Waals surface area contributed by atoms with Gasteiger partial charge in [-0.15, -0.1) is 0 Å². The second-order valence-corrected chi connectivity index (χ2v) is 24.6. The molecule has 0 rings (SSSR count). The second-order valence-electron chi connectivity index (χ2n) is 24.6. The first-order chi connectivity index (χ1) is 38.0. The molecule has 0 aliphatic rings. The quantitative estimate of drug-likeness (QED) is 0.0320. The van der Waals surface area contributed by atoms with Crippen LogP contribution in [0.4, 0.5) is 0 Å². The van der Waals surface area contributed by atoms with Crippen molar-refractivity contribution in [2.75, 3.05) is 13.2 Å². The largest absolute Gasteiger partial charge is 0.466 e. The van der Waals surface area contributed by atoms with E-state index in [2.05, 4.69) is 31.3 Å². The Morgan fingerprint density at radius 3 is 0.922 bits per heavy atom. The topological polar surface area (TPSA) is 95.9 Å². The van der Waals surface area contributed by atoms with E-state index in [1.807, 2.05) is 0 Å². The predicted octanol–water partition coefficient (Wildman–Crippen LogP) is 22.8. The highest BCUT2D eigenvalue weighted by atomic mass is 16.5. The number of hydrogen-bond acceptors (Lipinski definition) is 5. The number of ether oxygens (including phenoxy) is 1. The van der Waals surface area contributed by atoms with Crippen LogP contribution in [0.3, 0.4) is 0 Å². The number of carbonyl (C=O) groups excluding carboxylic acids is 2. The van der Waals surface area contributed by atoms with Gasteiger partial charge in [-0.2, -0.15) is 0 Å². The molecule has 0 aliphatic heterocycles. The number of rotatable bonds is 67. The number of hydrogen-bond donors (Lipinski definition) is 3. The van der Waals surface area contributed by atoms with E-state index in [0.29, 0.717) is 25.9 Å². The van der Waals surface area contributed by atoms with E-state index >= 15 is 0 Å². The van der Waals surface area contributed by atoms with Gasteiger partial charge in [0.25, 0.3) is 0 Å². The number of nitrogens with one attached hydrogen (secondary N) is 1. The third-order valence-electron chi connectivity index (χ3n) is 16.8. The molecule has 77 heavy (non-hydrogen) atoms. The highest BCUT2D eigenvalue weighted by Gasteiger charge is 2.20. The SMILES string of the molecule is CCCCCCCCCCCCCCCCCCCC(=O)OCCCCCCCCCCCCCC/C=C\CCCCCCCCCCCCCCCCCCC(=O)NC(CO)C(O)CCCCCCCCCCCCC. The van der Waals surface area contributed by atoms with E-state index in [-0.39, 0.29) is 18.5 Å². The first kappa shape index (κ1) is 75.6. The third kappa shape index (κ3) is 63.6. The lowest BCUT2D eigenvalue weighted by atomic mass is 10.0. The molecule has 0 saturated carbocycles. The maximum Gasteiger partial charge on any atom is 0.305 e. The molecule has 0 spiro atoms. The zero-order chi connectivity index (χ0) is 55.7. The van der Waals surface area contributed by atoms with Crippen molar-refractivity contribution in [3.05, 3.63) is 12.2 Å². The Kier molecular flexibility index (Phi) is 65.9. The molecule has 0 aromatic carbocycles. The maximum absolute atomic E-state index is 12.5. The van der Waals surface area contributed by atoms with Crippen LogP contribution in [-0.2, 0) is 14.3 Å². The fraction of sp³-hybridized carbons (Fsp3) is 0.944. The van der Waals surface area contributed by atoms with Gasteiger partial charge in [0.15, 0.2) is 0 Å². The van der Waals surface area contributed by atoms with Crippen molar-refractivity contribution in [3.63, 3.8) is 0 Å². The minimum atomic E-state index is -0.660. The summed E-state index contributed by atoms with van der Waals surface area (Å²) in [6.07, 6.45) is 82.8. The van der Waals surface area contributed by atoms with E-state index in [1.165, 1.54) is 334 Å². The molecule has 0 aliphatic carbocycles. The molecule has 3 N–H and O–H groups in total. The van der Waals surface area contributed by atoms with Crippen molar-refractivity contribution in [3.8, 4) is 0 Å². The Morgan fingerprint density at radius 1 is 0.351 bits per heavy atom. The lowest BCUT2D eigenvalue weighted by Crippen LogP contribution is -2.45. The highest BCUT2D eigenvalue weighted by Crippen LogP contribution is 2.19. The molecule has 0 radical (unpaired) electrons. The van der Waals surface area contributed by atoms with Crippen molar-refractivity contribution in [1.82, 2.24) is 5.32 Å². The van der Waals surface area contributed by atoms with Crippen LogP contribution in [-0.4, -0.2) is 47.4 Å². The van der Waals surface area contributed by atoms with Gasteiger partial charge in [-0.05, 0) is 51.4 Å². The Balaban J connectivity index is 3.31. The van der Waals surface area contributed by atoms with Gasteiger partial charge in [0.1, 0.15) is 0 Å². The molecule has 0 bridgehead atoms. The first-order valence-electron chi connectivity index (χ1n) is 35.4. The summed E-state index contributed by atoms with van der Waals surface area (Å²) < 4.78 is 5.51. The van der Waals surface area contributed by atoms with Crippen LogP contribution in [0, 0.1) is 0 Å². The lowest BCUT2D eigenvalue weighted by molar-refractivity contribution is -0.143. The number of esters is 1. The minimum absolute atomic E-state index is 0.0230. The van der Waals surface area contributed by atoms with E-state index < -0.39 is 12.1 Å². The summed E-state index contributed by atoms with van der Waals surface area (Å²) in [5.74, 6) is -0.00809. The fourth-order valence-electron chi connectivity index (χ4n) is 11.4. The number of aliphatic hydroxyl groups is 2. The molecule has 0 heterocycles. The average Bonchev–Trinajstić information content (AvgIpc) is 3.43. The monoisotopic (exact) mass is 1090 g/mol. The van der Waals surface area contributed by atoms with Gasteiger partial charge in [-0.3, -0.25) is 9.59 Å². The molecule has 2 atom stereocenters. The first-order valence-corrected chi connectivity index (χ1v) is 35.4. The number of carbonyl (C=O) groups is 2. The van der Waals surface area contributed by atoms with Gasteiger partial charge in [-0.25, -0.2) is 0 Å². The number of aliphatic hydroxyl groups excluding tert-OH is 2. The van der Waals surface area contributed by atoms with Gasteiger partial charge in [0.05, 0.1) is 25.4 Å². The van der Waals surface area contributed by atoms with Crippen LogP contribution in [0.25, 0.3) is 0 Å². The van der Waals surface area contributed by atoms with Crippen molar-refractivity contribution in [2.45, 2.75) is 418 Å². The Labute approximate surface area is 482 Å². The minimum Gasteiger partial charge on any atom is -0.466 e. The molecule has 6 nitrogen and oxygen atoms in total. The third-order valence-corrected chi connectivity index (χ3v) is 16.8. The summed E-state index contributed by atoms with van der Waals surface area (Å²) in [5.41, 5.74) is 0. The van der Waals surface area contributed by atoms with Crippen LogP contribution in [0.2, 0.25) is 0 Å². The van der Waals surface area contributed by atoms with Crippen molar-refractivity contribution < 1.29 is 24.5 Å². The smallest absolute Gasteiger partial charge is 0.305 e. The summed E-state index contributed by atoms with van der Waals surface area (Å²) in [4.78, 5) is 24.6. The normalized spacial score (nSPS) is 12.5. The summed E-state index contributed by atoms with van der Waals surface area (Å²) >= 11 is 0. The van der Waals surface area contributed by atoms with Gasteiger partial charge in [-0.1, -0.05) is 353 Å². The molecule has 458 valence electrons. The second kappa shape index (κ2) is 67.1. The maximum atomic E-state index is 12.5. The molecule has 0 aromatic heterocycles. The van der Waals surface area contributed by atoms with Gasteiger partial charge >= 0.3 is 5.97 Å². The van der Waals surface area contributed by atoms with Crippen molar-refractivity contribution in [1.29, 1.82) is 0 Å². The van der Waals surface area contributed by atoms with Gasteiger partial charge in [0, 0.05) is 12.8 Å². The average molecular weight is 1090 g/mol. The van der Waals surface area contributed by atoms with Crippen LogP contribution in [0.5, 0.6) is 0 Å². The fourth-order valence-corrected chi connectivity index (χ4v) is 11.4. The molecule has 0 aromatic rings. The summed E-state index contributed by atoms with van der Waals surface area (Å²) in [6.45, 7) is 4.98. The van der Waals surface area contributed by atoms with Crippen LogP contribution in [0.1, 0.15) is 406 Å². The Hall–Kier alpha value is -1.40. The summed E-state index contributed by atoms with van der Waals surface area (Å²) in [6, 6.07) is -0.537. The number of amides is 1. The zero-order valence-electron chi connectivity index (χ0n) is 52.5. The number of allylic oxidation sites excluding steroid dienone is 2. The number of unbranched alkanes of at least 4 members (excludes halogenated alkanes) is 54. The standard InChI is InChI=1S/C71H139NO5/c1-3-5-7-9-11-13-15-16-17-34-38-41-45-49-53-57-61-65-71(76)77-66-62-58-54-50-46-42-39-36-33-31-29-27-25-23-21-19-18-20-22-24-26-28-30-32-35-37-40-44-48-52-56-60-64-70(75)72-68(67-73)69(74)63-59-55-51-47-43-14-12-10-8-6-4-2/h21,23,68-69,73-74H,3-20,22,24-67H2,1-2H3,(H,72,75)/b23-21-. The van der Waals surface area contributed by atoms with Crippen LogP contribution >= 0.6 is 0 Å². The molecule has 0 saturated heterocycles. The predicted molar refractivity (Wildman–Crippen MR) is 338 cm³/mol. The van der Waals surface area contributed by atoms with Crippen molar-refractivity contribution in [2.24, 2.45) is 0 Å². The van der Waals surface area contributed by atoms with Crippen LogP contribution < -0.4 is 5.32 Å². The van der Waals surface area contributed by atoms with Gasteiger partial charge in [0.2, 0.25) is 5.91 Å². The zero-order valence-corrected chi connectivity index (χ0v) is 52.5. The highest BCUT2D eigenvalue weighted by molar-refractivity contribution is 5.76. The molecule has 2 unspecified atom stereocenters. The molecule has 6 heteroatoms. The van der Waals surface area contributed by atoms with Crippen LogP contribution in [0.15, 0.2) is 12.2 Å². The Morgan fingerprint density at radius 2 is 0.610 bits per heavy atom. The van der Waals surface area contributed by atoms with E-state index in [9.17, 15) is 19.8 Å². The van der Waals surface area contributed by atoms with E-state index in [0.717, 1.165) is 38.5 Å². The van der Waals surface area contributed by atoms with Crippen molar-refractivity contribution >= 4 is 11.9 Å². The lowest BCUT2D eigenvalue weighted by Gasteiger charge is -2.22. The molecule has 0 fully saturated rings.